The minimum absolute atomic E-state index is 0.0895. The summed E-state index contributed by atoms with van der Waals surface area (Å²) in [6.07, 6.45) is 0. The molecule has 4 bridgehead atoms. The van der Waals surface area contributed by atoms with Crippen LogP contribution in [0.3, 0.4) is 0 Å². The molecule has 0 saturated heterocycles. The van der Waals surface area contributed by atoms with Gasteiger partial charge >= 0.3 is 0 Å². The summed E-state index contributed by atoms with van der Waals surface area (Å²) in [6, 6.07) is 59.5. The maximum absolute atomic E-state index is 2.48. The van der Waals surface area contributed by atoms with E-state index in [0.717, 1.165) is 11.0 Å². The van der Waals surface area contributed by atoms with Gasteiger partial charge in [-0.15, -0.1) is 0 Å². The minimum Gasteiger partial charge on any atom is -0.310 e. The van der Waals surface area contributed by atoms with Crippen LogP contribution in [0.2, 0.25) is 0 Å². The molecule has 52 heavy (non-hydrogen) atoms. The lowest BCUT2D eigenvalue weighted by molar-refractivity contribution is 0.659. The highest BCUT2D eigenvalue weighted by Gasteiger charge is 2.36. The highest BCUT2D eigenvalue weighted by molar-refractivity contribution is 6.04. The topological polar surface area (TPSA) is 9.86 Å². The Hall–Kier alpha value is -6.12. The van der Waals surface area contributed by atoms with Gasteiger partial charge in [0.1, 0.15) is 0 Å². The Kier molecular flexibility index (Phi) is 5.83. The standard InChI is InChI=1S/C50H38N2/c1-49(2)43-15-7-5-13-37(43)39-25-23-35(29-45(39)49)51-33-21-19-32-12-10-18-48(42(32)27-33)52(34-22-20-31-11-9-17-47(51)41(31)28-34)36-24-26-40-38-14-6-8-16-44(38)50(3,4)46(40)30-36/h5-30H,1-4H3. The van der Waals surface area contributed by atoms with Crippen LogP contribution in [0.4, 0.5) is 0 Å². The van der Waals surface area contributed by atoms with Crippen LogP contribution in [-0.2, 0) is 10.8 Å². The normalized spacial score (nSPS) is 14.8. The van der Waals surface area contributed by atoms with E-state index in [4.69, 9.17) is 0 Å². The number of nitrogens with zero attached hydrogens (tertiary/aromatic N) is 2. The van der Waals surface area contributed by atoms with E-state index < -0.39 is 0 Å². The fourth-order valence-corrected chi connectivity index (χ4v) is 9.67. The van der Waals surface area contributed by atoms with Gasteiger partial charge in [0.05, 0.1) is 11.0 Å². The van der Waals surface area contributed by atoms with Crippen LogP contribution in [0.1, 0.15) is 49.9 Å². The molecule has 1 aromatic heterocycles. The lowest BCUT2D eigenvalue weighted by Gasteiger charge is -2.23. The van der Waals surface area contributed by atoms with Gasteiger partial charge in [-0.1, -0.05) is 125 Å². The van der Waals surface area contributed by atoms with E-state index in [1.54, 1.807) is 0 Å². The molecule has 2 aliphatic carbocycles. The summed E-state index contributed by atoms with van der Waals surface area (Å²) in [4.78, 5) is 0. The van der Waals surface area contributed by atoms with Crippen LogP contribution >= 0.6 is 0 Å². The van der Waals surface area contributed by atoms with Crippen LogP contribution in [0.25, 0.3) is 77.2 Å². The zero-order valence-corrected chi connectivity index (χ0v) is 29.9. The first kappa shape index (κ1) is 29.6. The number of hydrogen-bond acceptors (Lipinski definition) is 0. The van der Waals surface area contributed by atoms with Crippen molar-refractivity contribution < 1.29 is 0 Å². The van der Waals surface area contributed by atoms with Gasteiger partial charge in [-0.25, -0.2) is 0 Å². The molecule has 0 radical (unpaired) electrons. The van der Waals surface area contributed by atoms with Crippen LogP contribution in [0.5, 0.6) is 0 Å². The van der Waals surface area contributed by atoms with E-state index in [2.05, 4.69) is 195 Å². The average molecular weight is 667 g/mol. The predicted octanol–water partition coefficient (Wildman–Crippen LogP) is 13.1. The third kappa shape index (κ3) is 3.90. The first-order valence-corrected chi connectivity index (χ1v) is 18.4. The van der Waals surface area contributed by atoms with E-state index in [0.29, 0.717) is 0 Å². The molecule has 0 aliphatic heterocycles. The van der Waals surface area contributed by atoms with Crippen LogP contribution in [-0.4, -0.2) is 9.13 Å². The van der Waals surface area contributed by atoms with Crippen molar-refractivity contribution in [3.63, 3.8) is 0 Å². The first-order valence-electron chi connectivity index (χ1n) is 18.4. The highest BCUT2D eigenvalue weighted by atomic mass is 15.0. The van der Waals surface area contributed by atoms with Crippen molar-refractivity contribution in [2.75, 3.05) is 0 Å². The molecule has 2 nitrogen and oxygen atoms in total. The molecule has 2 aliphatic rings. The molecule has 0 spiro atoms. The fraction of sp³-hybridized carbons (Fsp3) is 0.120. The molecule has 248 valence electrons. The molecule has 0 saturated carbocycles. The number of rotatable bonds is 2. The molecule has 8 aromatic carbocycles. The van der Waals surface area contributed by atoms with Crippen LogP contribution < -0.4 is 0 Å². The second-order valence-electron chi connectivity index (χ2n) is 15.8. The van der Waals surface area contributed by atoms with Gasteiger partial charge in [0, 0.05) is 44.0 Å². The fourth-order valence-electron chi connectivity index (χ4n) is 9.67. The Labute approximate surface area is 303 Å². The molecule has 0 fully saturated rings. The SMILES string of the molecule is CC1(C)c2ccccc2-c2ccc(-n3c4ccc5cccc(c5c4)n(-c4ccc5c(c4)C(C)(C)c4ccccc4-5)c4ccc5cccc3c5c4)cc21. The molecule has 0 unspecified atom stereocenters. The second kappa shape index (κ2) is 10.2. The van der Waals surface area contributed by atoms with Gasteiger partial charge in [-0.2, -0.15) is 0 Å². The zero-order valence-electron chi connectivity index (χ0n) is 29.9. The lowest BCUT2D eigenvalue weighted by Crippen LogP contribution is -2.15. The summed E-state index contributed by atoms with van der Waals surface area (Å²) in [5.74, 6) is 0. The van der Waals surface area contributed by atoms with Gasteiger partial charge in [0.2, 0.25) is 0 Å². The summed E-state index contributed by atoms with van der Waals surface area (Å²) in [5.41, 5.74) is 17.7. The van der Waals surface area contributed by atoms with Gasteiger partial charge in [0.15, 0.2) is 0 Å². The van der Waals surface area contributed by atoms with Crippen molar-refractivity contribution >= 4 is 43.6 Å². The third-order valence-corrected chi connectivity index (χ3v) is 12.3. The summed E-state index contributed by atoms with van der Waals surface area (Å²) in [5, 5.41) is 4.89. The van der Waals surface area contributed by atoms with Crippen molar-refractivity contribution in [2.24, 2.45) is 0 Å². The molecular formula is C50H38N2. The summed E-state index contributed by atoms with van der Waals surface area (Å²) >= 11 is 0. The number of hydrogen-bond donors (Lipinski definition) is 0. The smallest absolute Gasteiger partial charge is 0.0540 e. The average Bonchev–Trinajstić information content (AvgIpc) is 3.54. The second-order valence-corrected chi connectivity index (χ2v) is 15.8. The maximum Gasteiger partial charge on any atom is 0.0540 e. The van der Waals surface area contributed by atoms with E-state index in [-0.39, 0.29) is 10.8 Å². The Balaban J connectivity index is 1.24. The molecule has 11 rings (SSSR count). The van der Waals surface area contributed by atoms with Crippen molar-refractivity contribution in [3.05, 3.63) is 180 Å². The third-order valence-electron chi connectivity index (χ3n) is 12.3. The molecule has 0 amide bonds. The highest BCUT2D eigenvalue weighted by Crippen LogP contribution is 2.50. The van der Waals surface area contributed by atoms with Gasteiger partial charge in [-0.3, -0.25) is 0 Å². The first-order chi connectivity index (χ1) is 25.3. The summed E-state index contributed by atoms with van der Waals surface area (Å²) < 4.78 is 4.96. The number of fused-ring (bicyclic) bond motifs is 8. The van der Waals surface area contributed by atoms with E-state index >= 15 is 0 Å². The molecule has 2 heteroatoms. The largest absolute Gasteiger partial charge is 0.310 e. The summed E-state index contributed by atoms with van der Waals surface area (Å²) in [7, 11) is 0. The Morgan fingerprint density at radius 2 is 0.769 bits per heavy atom. The maximum atomic E-state index is 2.48. The number of benzene rings is 8. The Morgan fingerprint density at radius 3 is 1.23 bits per heavy atom. The van der Waals surface area contributed by atoms with Gasteiger partial charge < -0.3 is 9.13 Å². The molecular weight excluding hydrogens is 629 g/mol. The quantitative estimate of drug-likeness (QED) is 0.174. The molecule has 0 N–H and O–H groups in total. The predicted molar refractivity (Wildman–Crippen MR) is 219 cm³/mol. The molecule has 9 aromatic rings. The molecule has 1 heterocycles. The zero-order chi connectivity index (χ0) is 34.9. The van der Waals surface area contributed by atoms with Crippen LogP contribution in [0.15, 0.2) is 158 Å². The monoisotopic (exact) mass is 666 g/mol. The van der Waals surface area contributed by atoms with Crippen molar-refractivity contribution in [1.82, 2.24) is 9.13 Å². The van der Waals surface area contributed by atoms with Crippen molar-refractivity contribution in [1.29, 1.82) is 0 Å². The van der Waals surface area contributed by atoms with Crippen molar-refractivity contribution in [2.45, 2.75) is 38.5 Å². The Morgan fingerprint density at radius 1 is 0.346 bits per heavy atom. The van der Waals surface area contributed by atoms with E-state index in [9.17, 15) is 0 Å². The van der Waals surface area contributed by atoms with E-state index in [1.165, 1.54) is 88.5 Å². The Bertz CT molecular complexity index is 2810. The molecule has 0 atom stereocenters. The van der Waals surface area contributed by atoms with Gasteiger partial charge in [-0.05, 0) is 116 Å². The van der Waals surface area contributed by atoms with Crippen molar-refractivity contribution in [3.8, 4) is 33.6 Å². The minimum atomic E-state index is -0.0895. The summed E-state index contributed by atoms with van der Waals surface area (Å²) in [6.45, 7) is 9.46. The van der Waals surface area contributed by atoms with E-state index in [1.807, 2.05) is 0 Å². The lowest BCUT2D eigenvalue weighted by atomic mass is 9.82. The number of aromatic nitrogens is 2. The van der Waals surface area contributed by atoms with Crippen LogP contribution in [0, 0.1) is 0 Å². The van der Waals surface area contributed by atoms with Gasteiger partial charge in [0.25, 0.3) is 0 Å².